The minimum Gasteiger partial charge on any atom is -0.351 e. The zero-order chi connectivity index (χ0) is 21.3. The van der Waals surface area contributed by atoms with Crippen molar-refractivity contribution < 1.29 is 4.79 Å². The zero-order valence-electron chi connectivity index (χ0n) is 18.0. The van der Waals surface area contributed by atoms with Gasteiger partial charge in [0, 0.05) is 18.5 Å². The molecule has 5 nitrogen and oxygen atoms in total. The fraction of sp³-hybridized carbons (Fsp3) is 0.360. The lowest BCUT2D eigenvalue weighted by atomic mass is 10.0. The van der Waals surface area contributed by atoms with Gasteiger partial charge in [-0.05, 0) is 36.1 Å². The van der Waals surface area contributed by atoms with E-state index in [9.17, 15) is 4.79 Å². The van der Waals surface area contributed by atoms with E-state index >= 15 is 0 Å². The van der Waals surface area contributed by atoms with Crippen LogP contribution in [0.15, 0.2) is 54.6 Å². The molecule has 0 saturated carbocycles. The van der Waals surface area contributed by atoms with Gasteiger partial charge in [-0.25, -0.2) is 0 Å². The molecule has 0 aliphatic rings. The van der Waals surface area contributed by atoms with Crippen LogP contribution in [0.1, 0.15) is 54.0 Å². The molecule has 0 unspecified atom stereocenters. The molecular formula is C25H32N4O. The number of nitrogens with one attached hydrogen (secondary N) is 1. The van der Waals surface area contributed by atoms with Crippen molar-refractivity contribution in [3.8, 4) is 11.1 Å². The van der Waals surface area contributed by atoms with Crippen molar-refractivity contribution in [1.29, 1.82) is 0 Å². The third-order valence-corrected chi connectivity index (χ3v) is 5.29. The van der Waals surface area contributed by atoms with Crippen molar-refractivity contribution in [1.82, 2.24) is 15.1 Å². The second-order valence-electron chi connectivity index (χ2n) is 7.50. The molecule has 0 aliphatic carbocycles. The van der Waals surface area contributed by atoms with Gasteiger partial charge in [0.25, 0.3) is 5.91 Å². The van der Waals surface area contributed by atoms with Crippen LogP contribution in [-0.2, 0) is 19.4 Å². The predicted molar refractivity (Wildman–Crippen MR) is 123 cm³/mol. The maximum Gasteiger partial charge on any atom is 0.269 e. The summed E-state index contributed by atoms with van der Waals surface area (Å²) in [5.41, 5.74) is 11.9. The fourth-order valence-corrected chi connectivity index (χ4v) is 3.69. The van der Waals surface area contributed by atoms with E-state index in [1.807, 2.05) is 22.9 Å². The molecule has 0 fully saturated rings. The topological polar surface area (TPSA) is 72.9 Å². The minimum atomic E-state index is -0.0445. The van der Waals surface area contributed by atoms with Crippen LogP contribution in [0.3, 0.4) is 0 Å². The molecule has 1 heterocycles. The molecule has 0 spiro atoms. The lowest BCUT2D eigenvalue weighted by molar-refractivity contribution is 0.0942. The molecule has 0 saturated heterocycles. The van der Waals surface area contributed by atoms with Gasteiger partial charge in [0.05, 0.1) is 12.2 Å². The van der Waals surface area contributed by atoms with Crippen LogP contribution in [0.2, 0.25) is 0 Å². The highest BCUT2D eigenvalue weighted by atomic mass is 16.2. The third-order valence-electron chi connectivity index (χ3n) is 5.29. The fourth-order valence-electron chi connectivity index (χ4n) is 3.69. The molecule has 30 heavy (non-hydrogen) atoms. The molecule has 2 aromatic carbocycles. The van der Waals surface area contributed by atoms with Crippen LogP contribution in [0.5, 0.6) is 0 Å². The Morgan fingerprint density at radius 3 is 2.37 bits per heavy atom. The molecule has 158 valence electrons. The highest BCUT2D eigenvalue weighted by molar-refractivity contribution is 5.94. The van der Waals surface area contributed by atoms with Gasteiger partial charge in [-0.2, -0.15) is 5.10 Å². The van der Waals surface area contributed by atoms with Crippen LogP contribution < -0.4 is 11.1 Å². The monoisotopic (exact) mass is 404 g/mol. The second kappa shape index (κ2) is 10.7. The molecule has 0 bridgehead atoms. The zero-order valence-corrected chi connectivity index (χ0v) is 18.0. The average Bonchev–Trinajstić information content (AvgIpc) is 3.12. The van der Waals surface area contributed by atoms with E-state index in [2.05, 4.69) is 55.6 Å². The molecule has 5 heteroatoms. The summed E-state index contributed by atoms with van der Waals surface area (Å²) in [6.07, 6.45) is 3.46. The number of hydrogen-bond acceptors (Lipinski definition) is 3. The summed E-state index contributed by atoms with van der Waals surface area (Å²) in [4.78, 5) is 13.0. The van der Waals surface area contributed by atoms with Crippen molar-refractivity contribution in [3.05, 3.63) is 77.1 Å². The van der Waals surface area contributed by atoms with Gasteiger partial charge in [-0.1, -0.05) is 74.9 Å². The first-order valence-electron chi connectivity index (χ1n) is 10.9. The van der Waals surface area contributed by atoms with Gasteiger partial charge in [0.2, 0.25) is 0 Å². The molecule has 0 atom stereocenters. The molecule has 1 amide bonds. The van der Waals surface area contributed by atoms with Crippen LogP contribution in [0.4, 0.5) is 0 Å². The number of rotatable bonds is 10. The highest BCUT2D eigenvalue weighted by Crippen LogP contribution is 2.21. The molecule has 3 N–H and O–H groups in total. The molecule has 0 radical (unpaired) electrons. The minimum absolute atomic E-state index is 0.0445. The largest absolute Gasteiger partial charge is 0.351 e. The lowest BCUT2D eigenvalue weighted by Gasteiger charge is -2.11. The SMILES string of the molecule is CCCCNC(=O)c1c(CC)c(CCN)nn1Cc1ccc(-c2ccccc2)cc1. The number of amides is 1. The van der Waals surface area contributed by atoms with Crippen molar-refractivity contribution in [3.63, 3.8) is 0 Å². The first-order valence-corrected chi connectivity index (χ1v) is 10.9. The summed E-state index contributed by atoms with van der Waals surface area (Å²) in [7, 11) is 0. The second-order valence-corrected chi connectivity index (χ2v) is 7.50. The molecule has 0 aliphatic heterocycles. The standard InChI is InChI=1S/C25H32N4O/c1-3-5-17-27-25(30)24-22(4-2)23(15-16-26)28-29(24)18-19-11-13-21(14-12-19)20-9-7-6-8-10-20/h6-14H,3-5,15-18,26H2,1-2H3,(H,27,30). The van der Waals surface area contributed by atoms with E-state index in [0.29, 0.717) is 31.7 Å². The summed E-state index contributed by atoms with van der Waals surface area (Å²) in [6, 6.07) is 18.8. The number of carbonyl (C=O) groups excluding carboxylic acids is 1. The van der Waals surface area contributed by atoms with E-state index in [4.69, 9.17) is 10.8 Å². The molecular weight excluding hydrogens is 372 g/mol. The van der Waals surface area contributed by atoms with Gasteiger partial charge in [-0.3, -0.25) is 9.48 Å². The summed E-state index contributed by atoms with van der Waals surface area (Å²) < 4.78 is 1.85. The summed E-state index contributed by atoms with van der Waals surface area (Å²) >= 11 is 0. The van der Waals surface area contributed by atoms with Crippen LogP contribution in [-0.4, -0.2) is 28.8 Å². The normalized spacial score (nSPS) is 10.9. The van der Waals surface area contributed by atoms with Crippen molar-refractivity contribution in [2.75, 3.05) is 13.1 Å². The van der Waals surface area contributed by atoms with Gasteiger partial charge in [-0.15, -0.1) is 0 Å². The maximum atomic E-state index is 13.0. The lowest BCUT2D eigenvalue weighted by Crippen LogP contribution is -2.28. The Kier molecular flexibility index (Phi) is 7.80. The van der Waals surface area contributed by atoms with Crippen molar-refractivity contribution >= 4 is 5.91 Å². The number of nitrogens with two attached hydrogens (primary N) is 1. The Morgan fingerprint density at radius 1 is 1.03 bits per heavy atom. The van der Waals surface area contributed by atoms with E-state index in [1.165, 1.54) is 11.1 Å². The average molecular weight is 405 g/mol. The predicted octanol–water partition coefficient (Wildman–Crippen LogP) is 4.19. The Morgan fingerprint density at radius 2 is 1.73 bits per heavy atom. The smallest absolute Gasteiger partial charge is 0.269 e. The van der Waals surface area contributed by atoms with Crippen LogP contribution in [0, 0.1) is 0 Å². The first-order chi connectivity index (χ1) is 14.7. The summed E-state index contributed by atoms with van der Waals surface area (Å²) in [5, 5.41) is 7.83. The number of hydrogen-bond donors (Lipinski definition) is 2. The Hall–Kier alpha value is -2.92. The van der Waals surface area contributed by atoms with Crippen LogP contribution >= 0.6 is 0 Å². The molecule has 3 aromatic rings. The molecule has 1 aromatic heterocycles. The number of benzene rings is 2. The van der Waals surface area contributed by atoms with Crippen LogP contribution in [0.25, 0.3) is 11.1 Å². The summed E-state index contributed by atoms with van der Waals surface area (Å²) in [6.45, 7) is 5.95. The van der Waals surface area contributed by atoms with E-state index < -0.39 is 0 Å². The third kappa shape index (κ3) is 5.16. The van der Waals surface area contributed by atoms with Gasteiger partial charge in [0.1, 0.15) is 5.69 Å². The van der Waals surface area contributed by atoms with E-state index in [1.54, 1.807) is 0 Å². The molecule has 3 rings (SSSR count). The Balaban J connectivity index is 1.87. The number of nitrogens with zero attached hydrogens (tertiary/aromatic N) is 2. The number of unbranched alkanes of at least 4 members (excludes halogenated alkanes) is 1. The Labute approximate surface area is 179 Å². The van der Waals surface area contributed by atoms with Gasteiger partial charge >= 0.3 is 0 Å². The van der Waals surface area contributed by atoms with Crippen molar-refractivity contribution in [2.24, 2.45) is 5.73 Å². The van der Waals surface area contributed by atoms with E-state index in [0.717, 1.165) is 36.1 Å². The van der Waals surface area contributed by atoms with Crippen molar-refractivity contribution in [2.45, 2.75) is 46.1 Å². The number of aromatic nitrogens is 2. The van der Waals surface area contributed by atoms with Gasteiger partial charge in [0.15, 0.2) is 0 Å². The Bertz CT molecular complexity index is 945. The first kappa shape index (κ1) is 21.8. The number of carbonyl (C=O) groups is 1. The maximum absolute atomic E-state index is 13.0. The summed E-state index contributed by atoms with van der Waals surface area (Å²) in [5.74, 6) is -0.0445. The van der Waals surface area contributed by atoms with Gasteiger partial charge < -0.3 is 11.1 Å². The highest BCUT2D eigenvalue weighted by Gasteiger charge is 2.22. The quantitative estimate of drug-likeness (QED) is 0.498. The van der Waals surface area contributed by atoms with E-state index in [-0.39, 0.29) is 5.91 Å².